The van der Waals surface area contributed by atoms with Crippen LogP contribution in [0.4, 0.5) is 4.39 Å². The van der Waals surface area contributed by atoms with E-state index in [1.54, 1.807) is 12.4 Å². The van der Waals surface area contributed by atoms with Crippen molar-refractivity contribution in [1.82, 2.24) is 4.90 Å². The topological polar surface area (TPSA) is 15.6 Å². The van der Waals surface area contributed by atoms with Gasteiger partial charge in [-0.25, -0.2) is 9.38 Å². The van der Waals surface area contributed by atoms with Crippen molar-refractivity contribution < 1.29 is 4.39 Å². The minimum Gasteiger partial charge on any atom is -0.355 e. The van der Waals surface area contributed by atoms with Gasteiger partial charge in [0.25, 0.3) is 0 Å². The Balaban J connectivity index is 2.84. The molecule has 1 rings (SSSR count). The Hall–Kier alpha value is -1.38. The molecule has 2 nitrogen and oxygen atoms in total. The molecule has 0 radical (unpaired) electrons. The number of hydrogen-bond donors (Lipinski definition) is 0. The minimum absolute atomic E-state index is 0.110. The summed E-state index contributed by atoms with van der Waals surface area (Å²) in [4.78, 5) is 6.19. The van der Waals surface area contributed by atoms with Gasteiger partial charge in [0.2, 0.25) is 0 Å². The average Bonchev–Trinajstić information content (AvgIpc) is 2.61. The molecule has 17 heavy (non-hydrogen) atoms. The Bertz CT molecular complexity index is 368. The van der Waals surface area contributed by atoms with Crippen LogP contribution in [0, 0.1) is 0 Å². The van der Waals surface area contributed by atoms with Crippen LogP contribution in [-0.2, 0) is 0 Å². The summed E-state index contributed by atoms with van der Waals surface area (Å²) in [5.41, 5.74) is 0.250. The third-order valence-electron chi connectivity index (χ3n) is 3.29. The van der Waals surface area contributed by atoms with Crippen LogP contribution in [0.25, 0.3) is 0 Å². The largest absolute Gasteiger partial charge is 0.355 e. The second-order valence-electron chi connectivity index (χ2n) is 4.44. The average molecular weight is 236 g/mol. The summed E-state index contributed by atoms with van der Waals surface area (Å²) in [6.07, 6.45) is 9.55. The molecule has 0 aliphatic carbocycles. The van der Waals surface area contributed by atoms with Crippen molar-refractivity contribution in [1.29, 1.82) is 0 Å². The molecule has 1 aliphatic heterocycles. The molecular weight excluding hydrogens is 215 g/mol. The Morgan fingerprint density at radius 2 is 2.35 bits per heavy atom. The summed E-state index contributed by atoms with van der Waals surface area (Å²) in [5, 5.41) is 0. The molecule has 0 fully saturated rings. The lowest BCUT2D eigenvalue weighted by Gasteiger charge is -2.33. The maximum Gasteiger partial charge on any atom is 0.124 e. The molecular formula is C14H21FN2. The highest BCUT2D eigenvalue weighted by molar-refractivity contribution is 5.64. The maximum atomic E-state index is 13.8. The van der Waals surface area contributed by atoms with Crippen molar-refractivity contribution in [2.24, 2.45) is 4.99 Å². The standard InChI is InChI=1S/C14H21FN2/c1-5-7-8-9-10-14(3)13(12(15)6-2)16-11-17(14)4/h5,7-8,11H,1,6,9-10H2,2-4H3/b8-7-,13-12-. The quantitative estimate of drug-likeness (QED) is 0.662. The van der Waals surface area contributed by atoms with E-state index in [2.05, 4.69) is 11.6 Å². The van der Waals surface area contributed by atoms with Gasteiger partial charge in [-0.2, -0.15) is 0 Å². The van der Waals surface area contributed by atoms with Crippen LogP contribution in [0.3, 0.4) is 0 Å². The first-order chi connectivity index (χ1) is 8.06. The van der Waals surface area contributed by atoms with Gasteiger partial charge in [-0.15, -0.1) is 0 Å². The van der Waals surface area contributed by atoms with Crippen LogP contribution in [0.1, 0.15) is 33.1 Å². The molecule has 1 atom stereocenters. The van der Waals surface area contributed by atoms with Crippen molar-refractivity contribution in [2.45, 2.75) is 38.6 Å². The molecule has 94 valence electrons. The fraction of sp³-hybridized carbons (Fsp3) is 0.500. The van der Waals surface area contributed by atoms with E-state index in [-0.39, 0.29) is 11.4 Å². The number of nitrogens with zero attached hydrogens (tertiary/aromatic N) is 2. The fourth-order valence-electron chi connectivity index (χ4n) is 1.96. The molecule has 0 aromatic rings. The van der Waals surface area contributed by atoms with Gasteiger partial charge in [-0.1, -0.05) is 31.7 Å². The zero-order chi connectivity index (χ0) is 12.9. The molecule has 1 aliphatic rings. The predicted molar refractivity (Wildman–Crippen MR) is 71.7 cm³/mol. The van der Waals surface area contributed by atoms with Gasteiger partial charge < -0.3 is 4.90 Å². The normalized spacial score (nSPS) is 26.9. The van der Waals surface area contributed by atoms with E-state index in [0.717, 1.165) is 12.8 Å². The number of allylic oxidation sites excluding steroid dienone is 4. The van der Waals surface area contributed by atoms with Crippen molar-refractivity contribution >= 4 is 6.34 Å². The van der Waals surface area contributed by atoms with Crippen LogP contribution in [0.2, 0.25) is 0 Å². The Morgan fingerprint density at radius 1 is 1.65 bits per heavy atom. The van der Waals surface area contributed by atoms with Crippen molar-refractivity contribution in [2.75, 3.05) is 7.05 Å². The molecule has 3 heteroatoms. The molecule has 1 heterocycles. The van der Waals surface area contributed by atoms with Crippen LogP contribution >= 0.6 is 0 Å². The van der Waals surface area contributed by atoms with Crippen LogP contribution in [-0.4, -0.2) is 23.8 Å². The van der Waals surface area contributed by atoms with Crippen molar-refractivity contribution in [3.63, 3.8) is 0 Å². The Morgan fingerprint density at radius 3 is 2.94 bits per heavy atom. The van der Waals surface area contributed by atoms with Gasteiger partial charge in [0.1, 0.15) is 5.83 Å². The number of halogens is 1. The molecule has 0 saturated carbocycles. The first-order valence-electron chi connectivity index (χ1n) is 6.00. The number of hydrogen-bond acceptors (Lipinski definition) is 2. The van der Waals surface area contributed by atoms with Crippen molar-refractivity contribution in [3.8, 4) is 0 Å². The lowest BCUT2D eigenvalue weighted by atomic mass is 9.90. The highest BCUT2D eigenvalue weighted by Crippen LogP contribution is 2.36. The lowest BCUT2D eigenvalue weighted by molar-refractivity contribution is 0.276. The van der Waals surface area contributed by atoms with Gasteiger partial charge >= 0.3 is 0 Å². The van der Waals surface area contributed by atoms with Crippen LogP contribution in [0.5, 0.6) is 0 Å². The summed E-state index contributed by atoms with van der Waals surface area (Å²) in [6.45, 7) is 7.48. The SMILES string of the molecule is C=C/C=C\CCC1(C)/C(=C(/F)CC)N=CN1C. The molecule has 0 bridgehead atoms. The van der Waals surface area contributed by atoms with E-state index in [1.807, 2.05) is 37.9 Å². The molecule has 0 amide bonds. The summed E-state index contributed by atoms with van der Waals surface area (Å²) < 4.78 is 13.8. The zero-order valence-electron chi connectivity index (χ0n) is 10.9. The van der Waals surface area contributed by atoms with E-state index >= 15 is 0 Å². The number of rotatable bonds is 5. The summed E-state index contributed by atoms with van der Waals surface area (Å²) >= 11 is 0. The molecule has 1 unspecified atom stereocenters. The van der Waals surface area contributed by atoms with E-state index in [0.29, 0.717) is 12.1 Å². The highest BCUT2D eigenvalue weighted by atomic mass is 19.1. The second kappa shape index (κ2) is 5.80. The number of likely N-dealkylation sites (N-methyl/N-ethyl adjacent to an activating group) is 1. The van der Waals surface area contributed by atoms with E-state index in [9.17, 15) is 4.39 Å². The fourth-order valence-corrected chi connectivity index (χ4v) is 1.96. The minimum atomic E-state index is -0.328. The monoisotopic (exact) mass is 236 g/mol. The van der Waals surface area contributed by atoms with Gasteiger partial charge in [0.15, 0.2) is 0 Å². The Kier molecular flexibility index (Phi) is 4.67. The highest BCUT2D eigenvalue weighted by Gasteiger charge is 2.37. The Labute approximate surface area is 103 Å². The van der Waals surface area contributed by atoms with Gasteiger partial charge in [0.05, 0.1) is 17.6 Å². The van der Waals surface area contributed by atoms with Crippen LogP contribution < -0.4 is 0 Å². The van der Waals surface area contributed by atoms with Crippen LogP contribution in [0.15, 0.2) is 41.3 Å². The van der Waals surface area contributed by atoms with Gasteiger partial charge in [0, 0.05) is 7.05 Å². The second-order valence-corrected chi connectivity index (χ2v) is 4.44. The smallest absolute Gasteiger partial charge is 0.124 e. The van der Waals surface area contributed by atoms with Crippen molar-refractivity contribution in [3.05, 3.63) is 36.3 Å². The lowest BCUT2D eigenvalue weighted by Crippen LogP contribution is -2.40. The molecule has 0 spiro atoms. The predicted octanol–water partition coefficient (Wildman–Crippen LogP) is 3.83. The third-order valence-corrected chi connectivity index (χ3v) is 3.29. The van der Waals surface area contributed by atoms with E-state index in [4.69, 9.17) is 0 Å². The first-order valence-corrected chi connectivity index (χ1v) is 6.00. The van der Waals surface area contributed by atoms with Gasteiger partial charge in [-0.3, -0.25) is 0 Å². The summed E-state index contributed by atoms with van der Waals surface area (Å²) in [5.74, 6) is -0.110. The maximum absolute atomic E-state index is 13.8. The van der Waals surface area contributed by atoms with E-state index < -0.39 is 0 Å². The number of aliphatic imine (C=N–C) groups is 1. The molecule has 0 aromatic carbocycles. The molecule has 0 N–H and O–H groups in total. The van der Waals surface area contributed by atoms with E-state index in [1.165, 1.54) is 0 Å². The van der Waals surface area contributed by atoms with Gasteiger partial charge in [-0.05, 0) is 26.2 Å². The summed E-state index contributed by atoms with van der Waals surface area (Å²) in [7, 11) is 1.94. The third kappa shape index (κ3) is 2.84. The summed E-state index contributed by atoms with van der Waals surface area (Å²) in [6, 6.07) is 0. The first kappa shape index (κ1) is 13.7. The molecule has 0 saturated heterocycles. The molecule has 0 aromatic heterocycles. The zero-order valence-corrected chi connectivity index (χ0v) is 10.9.